The van der Waals surface area contributed by atoms with E-state index in [0.717, 1.165) is 12.3 Å². The normalized spacial score (nSPS) is 13.1. The fourth-order valence-electron chi connectivity index (χ4n) is 1.26. The minimum Gasteiger partial charge on any atom is -0.370 e. The Labute approximate surface area is 117 Å². The Morgan fingerprint density at radius 2 is 2.25 bits per heavy atom. The summed E-state index contributed by atoms with van der Waals surface area (Å²) in [7, 11) is 0. The van der Waals surface area contributed by atoms with E-state index in [1.165, 1.54) is 0 Å². The molecule has 0 spiro atoms. The van der Waals surface area contributed by atoms with Crippen molar-refractivity contribution >= 4 is 23.1 Å². The molecule has 10 heteroatoms. The van der Waals surface area contributed by atoms with Gasteiger partial charge in [0.05, 0.1) is 16.6 Å². The summed E-state index contributed by atoms with van der Waals surface area (Å²) in [6, 6.07) is 0.601. The van der Waals surface area contributed by atoms with Crippen molar-refractivity contribution in [1.29, 1.82) is 0 Å². The van der Waals surface area contributed by atoms with Gasteiger partial charge in [0.25, 0.3) is 5.69 Å². The van der Waals surface area contributed by atoms with Gasteiger partial charge in [-0.2, -0.15) is 13.2 Å². The topological polar surface area (TPSA) is 77.3 Å². The Bertz CT molecular complexity index is 485. The van der Waals surface area contributed by atoms with Gasteiger partial charge in [-0.15, -0.1) is 0 Å². The number of hydrogen-bond acceptors (Lipinski definition) is 5. The van der Waals surface area contributed by atoms with Gasteiger partial charge < -0.3 is 10.1 Å². The molecule has 1 aromatic heterocycles. The smallest absolute Gasteiger partial charge is 0.370 e. The van der Waals surface area contributed by atoms with Crippen molar-refractivity contribution in [2.24, 2.45) is 0 Å². The summed E-state index contributed by atoms with van der Waals surface area (Å²) >= 11 is 5.77. The maximum absolute atomic E-state index is 11.9. The van der Waals surface area contributed by atoms with E-state index in [1.54, 1.807) is 6.92 Å². The minimum absolute atomic E-state index is 0.00173. The molecule has 0 aliphatic carbocycles. The molecular weight excluding hydrogens is 303 g/mol. The SMILES string of the molecule is CC(COCC(F)(F)F)Nc1ncc([N+](=O)[O-])cc1Cl. The highest BCUT2D eigenvalue weighted by atomic mass is 35.5. The quantitative estimate of drug-likeness (QED) is 0.645. The van der Waals surface area contributed by atoms with Gasteiger partial charge in [-0.1, -0.05) is 11.6 Å². The van der Waals surface area contributed by atoms with Crippen LogP contribution in [0.5, 0.6) is 0 Å². The van der Waals surface area contributed by atoms with Crippen LogP contribution in [0.25, 0.3) is 0 Å². The maximum Gasteiger partial charge on any atom is 0.411 e. The third-order valence-corrected chi connectivity index (χ3v) is 2.34. The molecule has 0 aliphatic heterocycles. The molecule has 20 heavy (non-hydrogen) atoms. The largest absolute Gasteiger partial charge is 0.411 e. The first-order valence-electron chi connectivity index (χ1n) is 5.40. The Balaban J connectivity index is 2.54. The number of rotatable bonds is 6. The molecule has 6 nitrogen and oxygen atoms in total. The number of pyridine rings is 1. The van der Waals surface area contributed by atoms with Crippen LogP contribution < -0.4 is 5.32 Å². The van der Waals surface area contributed by atoms with Gasteiger partial charge in [0.15, 0.2) is 0 Å². The number of nitrogens with zero attached hydrogens (tertiary/aromatic N) is 2. The van der Waals surface area contributed by atoms with Crippen LogP contribution in [-0.4, -0.2) is 35.3 Å². The van der Waals surface area contributed by atoms with E-state index in [2.05, 4.69) is 15.0 Å². The van der Waals surface area contributed by atoms with E-state index in [9.17, 15) is 23.3 Å². The number of hydrogen-bond donors (Lipinski definition) is 1. The van der Waals surface area contributed by atoms with E-state index >= 15 is 0 Å². The highest BCUT2D eigenvalue weighted by molar-refractivity contribution is 6.33. The summed E-state index contributed by atoms with van der Waals surface area (Å²) in [5.74, 6) is 0.139. The van der Waals surface area contributed by atoms with Crippen molar-refractivity contribution in [1.82, 2.24) is 4.98 Å². The molecule has 112 valence electrons. The number of anilines is 1. The molecule has 0 radical (unpaired) electrons. The highest BCUT2D eigenvalue weighted by Gasteiger charge is 2.27. The van der Waals surface area contributed by atoms with E-state index < -0.39 is 23.7 Å². The average molecular weight is 314 g/mol. The van der Waals surface area contributed by atoms with Gasteiger partial charge in [-0.05, 0) is 6.92 Å². The summed E-state index contributed by atoms with van der Waals surface area (Å²) in [5, 5.41) is 13.2. The van der Waals surface area contributed by atoms with Crippen LogP contribution in [0.15, 0.2) is 12.3 Å². The van der Waals surface area contributed by atoms with E-state index in [-0.39, 0.29) is 23.1 Å². The third-order valence-electron chi connectivity index (χ3n) is 2.05. The van der Waals surface area contributed by atoms with Crippen LogP contribution in [0, 0.1) is 10.1 Å². The lowest BCUT2D eigenvalue weighted by Gasteiger charge is -2.16. The first-order chi connectivity index (χ1) is 9.19. The molecule has 0 saturated heterocycles. The molecular formula is C10H11ClF3N3O3. The predicted octanol–water partition coefficient (Wildman–Crippen LogP) is 3.02. The van der Waals surface area contributed by atoms with Crippen LogP contribution in [-0.2, 0) is 4.74 Å². The van der Waals surface area contributed by atoms with Gasteiger partial charge in [0.1, 0.15) is 18.6 Å². The van der Waals surface area contributed by atoms with Crippen molar-refractivity contribution < 1.29 is 22.8 Å². The van der Waals surface area contributed by atoms with Crippen molar-refractivity contribution in [3.05, 3.63) is 27.4 Å². The van der Waals surface area contributed by atoms with Gasteiger partial charge >= 0.3 is 6.18 Å². The van der Waals surface area contributed by atoms with E-state index in [0.29, 0.717) is 0 Å². The molecule has 0 amide bonds. The molecule has 0 aromatic carbocycles. The third kappa shape index (κ3) is 5.57. The average Bonchev–Trinajstić information content (AvgIpc) is 2.29. The minimum atomic E-state index is -4.39. The summed E-state index contributed by atoms with van der Waals surface area (Å²) in [6.45, 7) is 0.00471. The fourth-order valence-corrected chi connectivity index (χ4v) is 1.48. The van der Waals surface area contributed by atoms with Crippen LogP contribution in [0.4, 0.5) is 24.7 Å². The number of nitro groups is 1. The Morgan fingerprint density at radius 3 is 2.75 bits per heavy atom. The molecule has 1 rings (SSSR count). The van der Waals surface area contributed by atoms with Crippen molar-refractivity contribution in [3.8, 4) is 0 Å². The van der Waals surface area contributed by atoms with Crippen molar-refractivity contribution in [3.63, 3.8) is 0 Å². The fraction of sp³-hybridized carbons (Fsp3) is 0.500. The second-order valence-electron chi connectivity index (χ2n) is 3.96. The van der Waals surface area contributed by atoms with Gasteiger partial charge in [-0.25, -0.2) is 4.98 Å². The van der Waals surface area contributed by atoms with Gasteiger partial charge in [-0.3, -0.25) is 10.1 Å². The lowest BCUT2D eigenvalue weighted by atomic mass is 10.3. The molecule has 0 aliphatic rings. The number of ether oxygens (including phenoxy) is 1. The molecule has 1 N–H and O–H groups in total. The lowest BCUT2D eigenvalue weighted by molar-refractivity contribution is -0.385. The van der Waals surface area contributed by atoms with Gasteiger partial charge in [0.2, 0.25) is 0 Å². The molecule has 0 bridgehead atoms. The standard InChI is InChI=1S/C10H11ClF3N3O3/c1-6(4-20-5-10(12,13)14)16-9-8(11)2-7(3-15-9)17(18)19/h2-3,6H,4-5H2,1H3,(H,15,16). The first-order valence-corrected chi connectivity index (χ1v) is 5.78. The van der Waals surface area contributed by atoms with Crippen LogP contribution in [0.1, 0.15) is 6.92 Å². The Hall–Kier alpha value is -1.61. The summed E-state index contributed by atoms with van der Waals surface area (Å²) in [5.41, 5.74) is -0.276. The predicted molar refractivity (Wildman–Crippen MR) is 65.9 cm³/mol. The lowest BCUT2D eigenvalue weighted by Crippen LogP contribution is -2.26. The van der Waals surface area contributed by atoms with Crippen LogP contribution >= 0.6 is 11.6 Å². The van der Waals surface area contributed by atoms with Crippen molar-refractivity contribution in [2.75, 3.05) is 18.5 Å². The number of halogens is 4. The van der Waals surface area contributed by atoms with Crippen LogP contribution in [0.2, 0.25) is 5.02 Å². The molecule has 1 atom stereocenters. The summed E-state index contributed by atoms with van der Waals surface area (Å²) in [4.78, 5) is 13.6. The molecule has 1 heterocycles. The Kier molecular flexibility index (Phi) is 5.52. The van der Waals surface area contributed by atoms with Gasteiger partial charge in [0, 0.05) is 12.1 Å². The first kappa shape index (κ1) is 16.4. The van der Waals surface area contributed by atoms with Crippen molar-refractivity contribution in [2.45, 2.75) is 19.1 Å². The zero-order valence-corrected chi connectivity index (χ0v) is 11.0. The molecule has 0 fully saturated rings. The second kappa shape index (κ2) is 6.71. The zero-order chi connectivity index (χ0) is 15.3. The molecule has 1 aromatic rings. The Morgan fingerprint density at radius 1 is 1.60 bits per heavy atom. The second-order valence-corrected chi connectivity index (χ2v) is 4.36. The number of nitrogens with one attached hydrogen (secondary N) is 1. The zero-order valence-electron chi connectivity index (χ0n) is 10.3. The van der Waals surface area contributed by atoms with Crippen LogP contribution in [0.3, 0.4) is 0 Å². The monoisotopic (exact) mass is 313 g/mol. The molecule has 0 saturated carbocycles. The number of aromatic nitrogens is 1. The summed E-state index contributed by atoms with van der Waals surface area (Å²) < 4.78 is 40.1. The summed E-state index contributed by atoms with van der Waals surface area (Å²) in [6.07, 6.45) is -3.39. The maximum atomic E-state index is 11.9. The van der Waals surface area contributed by atoms with E-state index in [4.69, 9.17) is 11.6 Å². The number of alkyl halides is 3. The van der Waals surface area contributed by atoms with E-state index in [1.807, 2.05) is 0 Å². The highest BCUT2D eigenvalue weighted by Crippen LogP contribution is 2.24. The molecule has 1 unspecified atom stereocenters.